The van der Waals surface area contributed by atoms with Crippen molar-refractivity contribution in [3.8, 4) is 22.4 Å². The van der Waals surface area contributed by atoms with Crippen molar-refractivity contribution in [3.63, 3.8) is 0 Å². The fourth-order valence-electron chi connectivity index (χ4n) is 9.00. The Morgan fingerprint density at radius 1 is 0.836 bits per heavy atom. The molecule has 2 N–H and O–H groups in total. The van der Waals surface area contributed by atoms with E-state index in [2.05, 4.69) is 75.2 Å². The Hall–Kier alpha value is -7.64. The summed E-state index contributed by atoms with van der Waals surface area (Å²) in [5.74, 6) is -0.252. The highest BCUT2D eigenvalue weighted by molar-refractivity contribution is 5.99. The third-order valence-corrected chi connectivity index (χ3v) is 12.9. The summed E-state index contributed by atoms with van der Waals surface area (Å²) in [6.45, 7) is 8.30. The van der Waals surface area contributed by atoms with Crippen LogP contribution in [0.25, 0.3) is 44.5 Å². The number of nitrogens with zero attached hydrogens (tertiary/aromatic N) is 14. The quantitative estimate of drug-likeness (QED) is 0.0810. The van der Waals surface area contributed by atoms with E-state index < -0.39 is 11.9 Å². The van der Waals surface area contributed by atoms with E-state index in [-0.39, 0.29) is 42.9 Å². The predicted octanol–water partition coefficient (Wildman–Crippen LogP) is 1.48. The maximum absolute atomic E-state index is 13.0. The van der Waals surface area contributed by atoms with Gasteiger partial charge < -0.3 is 34.1 Å². The summed E-state index contributed by atoms with van der Waals surface area (Å²) >= 11 is 0. The second-order valence-electron chi connectivity index (χ2n) is 18.0. The van der Waals surface area contributed by atoms with Crippen molar-refractivity contribution in [2.75, 3.05) is 102 Å². The highest BCUT2D eigenvalue weighted by Gasteiger charge is 2.30. The van der Waals surface area contributed by atoms with Crippen molar-refractivity contribution in [3.05, 3.63) is 95.6 Å². The number of amides is 3. The van der Waals surface area contributed by atoms with Gasteiger partial charge in [0, 0.05) is 107 Å². The summed E-state index contributed by atoms with van der Waals surface area (Å²) in [6.07, 6.45) is 10.8. The first-order chi connectivity index (χ1) is 35.7. The Labute approximate surface area is 418 Å². The zero-order valence-electron chi connectivity index (χ0n) is 40.4. The van der Waals surface area contributed by atoms with Gasteiger partial charge in [0.1, 0.15) is 12.6 Å². The Bertz CT molecular complexity index is 3100. The molecule has 0 bridgehead atoms. The number of imide groups is 1. The Kier molecular flexibility index (Phi) is 15.3. The van der Waals surface area contributed by atoms with E-state index in [0.717, 1.165) is 46.7 Å². The summed E-state index contributed by atoms with van der Waals surface area (Å²) in [7, 11) is 1.85. The van der Waals surface area contributed by atoms with Crippen LogP contribution in [0.2, 0.25) is 0 Å². The van der Waals surface area contributed by atoms with Gasteiger partial charge in [0.05, 0.1) is 82.0 Å². The predicted molar refractivity (Wildman–Crippen MR) is 265 cm³/mol. The third-order valence-electron chi connectivity index (χ3n) is 12.9. The number of aryl methyl sites for hydroxylation is 1. The molecule has 3 fully saturated rings. The van der Waals surface area contributed by atoms with Crippen LogP contribution in [0, 0.1) is 0 Å². The van der Waals surface area contributed by atoms with Gasteiger partial charge in [-0.2, -0.15) is 10.2 Å². The molecule has 10 rings (SSSR count). The molecule has 24 heteroatoms. The minimum absolute atomic E-state index is 0.0124. The van der Waals surface area contributed by atoms with E-state index >= 15 is 0 Å². The molecule has 24 nitrogen and oxygen atoms in total. The van der Waals surface area contributed by atoms with Crippen LogP contribution >= 0.6 is 0 Å². The number of ether oxygens (including phenoxy) is 4. The van der Waals surface area contributed by atoms with Gasteiger partial charge in [0.2, 0.25) is 23.4 Å². The van der Waals surface area contributed by atoms with Gasteiger partial charge in [-0.15, -0.1) is 5.10 Å². The van der Waals surface area contributed by atoms with Gasteiger partial charge >= 0.3 is 0 Å². The van der Waals surface area contributed by atoms with Crippen LogP contribution in [0.15, 0.2) is 84.4 Å². The molecule has 380 valence electrons. The first-order valence-corrected chi connectivity index (χ1v) is 24.4. The minimum atomic E-state index is -0.810. The maximum Gasteiger partial charge on any atom is 0.275 e. The zero-order valence-corrected chi connectivity index (χ0v) is 40.4. The third kappa shape index (κ3) is 12.0. The molecule has 3 aliphatic rings. The molecule has 3 saturated heterocycles. The SMILES string of the molecule is Cn1cc(-c2cnc3c(nnn3C[C@@H]3CN(c4ncc(-c5ccc(CN6CCN(C(=O)COCCOCCOCCNc7ccc8c(=O)n(C9CCC(=O)NC9=O)ncc8c7)CC6)cc5)cn4)CCO3)n2)cn1. The number of carbonyl (C=O) groups is 3. The van der Waals surface area contributed by atoms with Crippen molar-refractivity contribution in [1.82, 2.24) is 69.6 Å². The molecule has 73 heavy (non-hydrogen) atoms. The summed E-state index contributed by atoms with van der Waals surface area (Å²) in [4.78, 5) is 74.6. The number of benzene rings is 2. The topological polar surface area (TPSA) is 257 Å². The lowest BCUT2D eigenvalue weighted by atomic mass is 10.1. The second kappa shape index (κ2) is 22.8. The number of aromatic nitrogens is 11. The first-order valence-electron chi connectivity index (χ1n) is 24.4. The maximum atomic E-state index is 13.0. The molecule has 3 aliphatic heterocycles. The molecule has 2 aromatic carbocycles. The molecule has 5 aromatic heterocycles. The Balaban J connectivity index is 0.574. The number of hydrogen-bond donors (Lipinski definition) is 2. The number of rotatable bonds is 20. The van der Waals surface area contributed by atoms with Crippen LogP contribution in [-0.2, 0) is 53.5 Å². The Morgan fingerprint density at radius 2 is 1.63 bits per heavy atom. The van der Waals surface area contributed by atoms with E-state index in [4.69, 9.17) is 28.9 Å². The number of nitrogens with one attached hydrogen (secondary N) is 2. The molecule has 0 aliphatic carbocycles. The lowest BCUT2D eigenvalue weighted by Gasteiger charge is -2.34. The molecular weight excluding hydrogens is 941 g/mol. The lowest BCUT2D eigenvalue weighted by molar-refractivity contribution is -0.138. The molecule has 0 saturated carbocycles. The summed E-state index contributed by atoms with van der Waals surface area (Å²) in [6, 6.07) is 12.9. The Morgan fingerprint density at radius 3 is 2.41 bits per heavy atom. The number of anilines is 2. The number of hydrogen-bond acceptors (Lipinski definition) is 19. The molecular formula is C49H56N16O8. The van der Waals surface area contributed by atoms with Crippen molar-refractivity contribution in [2.45, 2.75) is 38.1 Å². The fraction of sp³-hybridized carbons (Fsp3) is 0.429. The number of carbonyl (C=O) groups excluding carboxylic acids is 3. The van der Waals surface area contributed by atoms with Crippen LogP contribution < -0.4 is 21.1 Å². The molecule has 8 heterocycles. The van der Waals surface area contributed by atoms with Crippen molar-refractivity contribution >= 4 is 51.4 Å². The average Bonchev–Trinajstić information content (AvgIpc) is 4.04. The largest absolute Gasteiger partial charge is 0.383 e. The molecule has 0 spiro atoms. The number of piperazine rings is 1. The summed E-state index contributed by atoms with van der Waals surface area (Å²) in [5.41, 5.74) is 6.17. The van der Waals surface area contributed by atoms with Crippen molar-refractivity contribution < 1.29 is 33.3 Å². The summed E-state index contributed by atoms with van der Waals surface area (Å²) < 4.78 is 27.6. The van der Waals surface area contributed by atoms with E-state index in [1.165, 1.54) is 5.56 Å². The molecule has 7 aromatic rings. The van der Waals surface area contributed by atoms with Crippen LogP contribution in [-0.4, -0.2) is 180 Å². The van der Waals surface area contributed by atoms with Gasteiger partial charge in [-0.3, -0.25) is 34.1 Å². The normalized spacial score (nSPS) is 17.7. The molecule has 1 unspecified atom stereocenters. The standard InChI is InChI=1S/C49H56N16O8/c1-60-29-37(26-54-60)41-27-51-46-45(56-41)58-59-64(46)31-39-30-63(15-17-73-39)49-52-23-36(24-53-49)34-4-2-33(3-5-34)28-61-11-13-62(14-12-61)44(67)32-72-21-20-71-19-18-70-16-10-50-38-6-7-40-35(22-38)25-55-65(48(40)69)42-8-9-43(66)57-47(42)68/h2-7,22-27,29,39,42,50H,8-21,28,30-32H2,1H3,(H,57,66,68)/t39-,42?/m0/s1. The van der Waals surface area contributed by atoms with Gasteiger partial charge in [-0.25, -0.2) is 29.3 Å². The van der Waals surface area contributed by atoms with Crippen LogP contribution in [0.3, 0.4) is 0 Å². The van der Waals surface area contributed by atoms with Crippen molar-refractivity contribution in [1.29, 1.82) is 0 Å². The van der Waals surface area contributed by atoms with Gasteiger partial charge in [0.25, 0.3) is 11.5 Å². The van der Waals surface area contributed by atoms with Crippen molar-refractivity contribution in [2.24, 2.45) is 7.05 Å². The van der Waals surface area contributed by atoms with E-state index in [9.17, 15) is 19.2 Å². The van der Waals surface area contributed by atoms with Gasteiger partial charge in [0.15, 0.2) is 5.65 Å². The van der Waals surface area contributed by atoms with Gasteiger partial charge in [-0.1, -0.05) is 29.5 Å². The van der Waals surface area contributed by atoms with Gasteiger partial charge in [-0.05, 0) is 35.7 Å². The second-order valence-corrected chi connectivity index (χ2v) is 18.0. The minimum Gasteiger partial charge on any atom is -0.383 e. The van der Waals surface area contributed by atoms with Crippen LogP contribution in [0.4, 0.5) is 11.6 Å². The highest BCUT2D eigenvalue weighted by atomic mass is 16.5. The summed E-state index contributed by atoms with van der Waals surface area (Å²) in [5, 5.41) is 23.6. The fourth-order valence-corrected chi connectivity index (χ4v) is 9.00. The number of fused-ring (bicyclic) bond motifs is 2. The van der Waals surface area contributed by atoms with E-state index in [1.54, 1.807) is 40.1 Å². The number of morpholine rings is 1. The smallest absolute Gasteiger partial charge is 0.275 e. The average molecular weight is 997 g/mol. The highest BCUT2D eigenvalue weighted by Crippen LogP contribution is 2.24. The lowest BCUT2D eigenvalue weighted by Crippen LogP contribution is -2.49. The van der Waals surface area contributed by atoms with Crippen LogP contribution in [0.5, 0.6) is 0 Å². The monoisotopic (exact) mass is 996 g/mol. The molecule has 2 atom stereocenters. The first kappa shape index (κ1) is 49.0. The van der Waals surface area contributed by atoms with Crippen LogP contribution in [0.1, 0.15) is 24.4 Å². The van der Waals surface area contributed by atoms with E-state index in [1.807, 2.05) is 36.6 Å². The molecule has 3 amide bonds. The molecule has 0 radical (unpaired) electrons. The number of piperidine rings is 1. The zero-order chi connectivity index (χ0) is 50.1. The van der Waals surface area contributed by atoms with E-state index in [0.29, 0.717) is 113 Å².